The minimum atomic E-state index is 0.352. The van der Waals surface area contributed by atoms with Crippen LogP contribution in [-0.4, -0.2) is 18.6 Å². The molecule has 8 heavy (non-hydrogen) atoms. The van der Waals surface area contributed by atoms with E-state index in [-0.39, 0.29) is 0 Å². The average molecular weight is 135 g/mol. The van der Waals surface area contributed by atoms with E-state index in [9.17, 15) is 0 Å². The minimum absolute atomic E-state index is 0.352. The van der Waals surface area contributed by atoms with E-state index in [2.05, 4.69) is 0 Å². The Morgan fingerprint density at radius 2 is 2.38 bits per heavy atom. The van der Waals surface area contributed by atoms with Gasteiger partial charge in [0, 0.05) is 12.5 Å². The van der Waals surface area contributed by atoms with Crippen molar-refractivity contribution < 1.29 is 4.74 Å². The van der Waals surface area contributed by atoms with Gasteiger partial charge in [-0.2, -0.15) is 0 Å². The fourth-order valence-electron chi connectivity index (χ4n) is 0.929. The van der Waals surface area contributed by atoms with Gasteiger partial charge in [-0.05, 0) is 19.3 Å². The average Bonchev–Trinajstić information content (AvgIpc) is 1.90. The van der Waals surface area contributed by atoms with E-state index in [0.717, 1.165) is 13.0 Å². The van der Waals surface area contributed by atoms with Crippen LogP contribution in [0.2, 0.25) is 0 Å². The Morgan fingerprint density at radius 3 is 2.75 bits per heavy atom. The van der Waals surface area contributed by atoms with Gasteiger partial charge >= 0.3 is 0 Å². The van der Waals surface area contributed by atoms with Gasteiger partial charge in [-0.15, -0.1) is 11.6 Å². The molecular formula is C6H11ClO. The molecule has 0 amide bonds. The topological polar surface area (TPSA) is 9.23 Å². The molecule has 2 heteroatoms. The summed E-state index contributed by atoms with van der Waals surface area (Å²) >= 11 is 5.56. The van der Waals surface area contributed by atoms with E-state index in [4.69, 9.17) is 16.3 Å². The van der Waals surface area contributed by atoms with Crippen LogP contribution < -0.4 is 0 Å². The molecule has 0 aromatic rings. The quantitative estimate of drug-likeness (QED) is 0.497. The molecule has 1 nitrogen and oxygen atoms in total. The lowest BCUT2D eigenvalue weighted by Crippen LogP contribution is -2.19. The van der Waals surface area contributed by atoms with Gasteiger partial charge in [0.15, 0.2) is 0 Å². The number of hydrogen-bond acceptors (Lipinski definition) is 1. The van der Waals surface area contributed by atoms with E-state index < -0.39 is 0 Å². The predicted molar refractivity (Wildman–Crippen MR) is 34.3 cm³/mol. The second kappa shape index (κ2) is 3.31. The van der Waals surface area contributed by atoms with Crippen LogP contribution in [0.4, 0.5) is 0 Å². The van der Waals surface area contributed by atoms with Crippen LogP contribution in [0.3, 0.4) is 0 Å². The Balaban J connectivity index is 2.13. The van der Waals surface area contributed by atoms with E-state index >= 15 is 0 Å². The van der Waals surface area contributed by atoms with Crippen LogP contribution in [0.5, 0.6) is 0 Å². The molecular weight excluding hydrogens is 124 g/mol. The molecule has 1 rings (SSSR count). The summed E-state index contributed by atoms with van der Waals surface area (Å²) in [5.74, 6) is 0.667. The van der Waals surface area contributed by atoms with Crippen LogP contribution in [0.15, 0.2) is 0 Å². The lowest BCUT2D eigenvalue weighted by Gasteiger charge is -2.19. The zero-order chi connectivity index (χ0) is 5.82. The summed E-state index contributed by atoms with van der Waals surface area (Å²) in [6, 6.07) is 0. The van der Waals surface area contributed by atoms with Gasteiger partial charge in [0.05, 0.1) is 6.10 Å². The van der Waals surface area contributed by atoms with Gasteiger partial charge < -0.3 is 4.74 Å². The molecule has 0 N–H and O–H groups in total. The SMILES string of the molecule is ClC[C@@H]1CCCCO1. The number of halogens is 1. The molecule has 0 aromatic carbocycles. The fraction of sp³-hybridized carbons (Fsp3) is 1.00. The lowest BCUT2D eigenvalue weighted by atomic mass is 10.1. The summed E-state index contributed by atoms with van der Waals surface area (Å²) in [7, 11) is 0. The van der Waals surface area contributed by atoms with Crippen molar-refractivity contribution >= 4 is 11.6 Å². The van der Waals surface area contributed by atoms with Crippen molar-refractivity contribution in [2.24, 2.45) is 0 Å². The van der Waals surface area contributed by atoms with Crippen LogP contribution >= 0.6 is 11.6 Å². The highest BCUT2D eigenvalue weighted by Gasteiger charge is 2.10. The molecule has 1 aliphatic heterocycles. The largest absolute Gasteiger partial charge is 0.377 e. The van der Waals surface area contributed by atoms with E-state index in [1.807, 2.05) is 0 Å². The highest BCUT2D eigenvalue weighted by molar-refractivity contribution is 6.18. The Bertz CT molecular complexity index is 59.5. The van der Waals surface area contributed by atoms with Gasteiger partial charge in [0.1, 0.15) is 0 Å². The maximum atomic E-state index is 5.56. The first kappa shape index (κ1) is 6.37. The zero-order valence-corrected chi connectivity index (χ0v) is 5.66. The maximum Gasteiger partial charge on any atom is 0.0710 e. The lowest BCUT2D eigenvalue weighted by molar-refractivity contribution is 0.0307. The van der Waals surface area contributed by atoms with Gasteiger partial charge in [0.2, 0.25) is 0 Å². The molecule has 1 saturated heterocycles. The van der Waals surface area contributed by atoms with Crippen LogP contribution in [0.25, 0.3) is 0 Å². The smallest absolute Gasteiger partial charge is 0.0710 e. The van der Waals surface area contributed by atoms with Crippen molar-refractivity contribution in [2.45, 2.75) is 25.4 Å². The van der Waals surface area contributed by atoms with Crippen molar-refractivity contribution in [2.75, 3.05) is 12.5 Å². The molecule has 1 aliphatic rings. The second-order valence-electron chi connectivity index (χ2n) is 2.14. The molecule has 0 bridgehead atoms. The van der Waals surface area contributed by atoms with Gasteiger partial charge in [-0.25, -0.2) is 0 Å². The molecule has 1 heterocycles. The summed E-state index contributed by atoms with van der Waals surface area (Å²) in [5, 5.41) is 0. The Kier molecular flexibility index (Phi) is 2.64. The summed E-state index contributed by atoms with van der Waals surface area (Å²) in [6.45, 7) is 0.914. The van der Waals surface area contributed by atoms with E-state index in [1.165, 1.54) is 12.8 Å². The highest BCUT2D eigenvalue weighted by atomic mass is 35.5. The molecule has 0 spiro atoms. The molecule has 0 unspecified atom stereocenters. The molecule has 0 saturated carbocycles. The van der Waals surface area contributed by atoms with Crippen molar-refractivity contribution in [1.82, 2.24) is 0 Å². The Labute approximate surface area is 55.0 Å². The predicted octanol–water partition coefficient (Wildman–Crippen LogP) is 1.79. The van der Waals surface area contributed by atoms with Crippen molar-refractivity contribution in [3.05, 3.63) is 0 Å². The summed E-state index contributed by atoms with van der Waals surface area (Å²) in [4.78, 5) is 0. The summed E-state index contributed by atoms with van der Waals surface area (Å²) in [6.07, 6.45) is 4.01. The molecule has 0 aliphatic carbocycles. The molecule has 1 fully saturated rings. The first-order valence-corrected chi connectivity index (χ1v) is 3.64. The Morgan fingerprint density at radius 1 is 1.50 bits per heavy atom. The second-order valence-corrected chi connectivity index (χ2v) is 2.45. The van der Waals surface area contributed by atoms with Crippen molar-refractivity contribution in [3.8, 4) is 0 Å². The molecule has 0 radical (unpaired) electrons. The molecule has 0 aromatic heterocycles. The third-order valence-electron chi connectivity index (χ3n) is 1.45. The molecule has 48 valence electrons. The summed E-state index contributed by atoms with van der Waals surface area (Å²) < 4.78 is 5.30. The standard InChI is InChI=1S/C6H11ClO/c7-5-6-3-1-2-4-8-6/h6H,1-5H2/t6-/m0/s1. The van der Waals surface area contributed by atoms with Crippen LogP contribution in [0, 0.1) is 0 Å². The van der Waals surface area contributed by atoms with Gasteiger partial charge in [-0.1, -0.05) is 0 Å². The normalized spacial score (nSPS) is 30.4. The zero-order valence-electron chi connectivity index (χ0n) is 4.90. The number of ether oxygens (including phenoxy) is 1. The third kappa shape index (κ3) is 1.64. The van der Waals surface area contributed by atoms with Crippen molar-refractivity contribution in [3.63, 3.8) is 0 Å². The monoisotopic (exact) mass is 134 g/mol. The Hall–Kier alpha value is 0.250. The van der Waals surface area contributed by atoms with Gasteiger partial charge in [0.25, 0.3) is 0 Å². The fourth-order valence-corrected chi connectivity index (χ4v) is 1.17. The van der Waals surface area contributed by atoms with E-state index in [0.29, 0.717) is 12.0 Å². The van der Waals surface area contributed by atoms with Crippen LogP contribution in [0.1, 0.15) is 19.3 Å². The maximum absolute atomic E-state index is 5.56. The number of hydrogen-bond donors (Lipinski definition) is 0. The number of rotatable bonds is 1. The highest BCUT2D eigenvalue weighted by Crippen LogP contribution is 2.12. The first-order valence-electron chi connectivity index (χ1n) is 3.11. The van der Waals surface area contributed by atoms with Crippen molar-refractivity contribution in [1.29, 1.82) is 0 Å². The number of alkyl halides is 1. The summed E-state index contributed by atoms with van der Waals surface area (Å²) in [5.41, 5.74) is 0. The van der Waals surface area contributed by atoms with Crippen LogP contribution in [-0.2, 0) is 4.74 Å². The third-order valence-corrected chi connectivity index (χ3v) is 1.79. The minimum Gasteiger partial charge on any atom is -0.377 e. The van der Waals surface area contributed by atoms with E-state index in [1.54, 1.807) is 0 Å². The first-order chi connectivity index (χ1) is 3.93. The van der Waals surface area contributed by atoms with Gasteiger partial charge in [-0.3, -0.25) is 0 Å². The molecule has 1 atom stereocenters.